The summed E-state index contributed by atoms with van der Waals surface area (Å²) >= 11 is 5.85. The topological polar surface area (TPSA) is 79.5 Å². The third-order valence-corrected chi connectivity index (χ3v) is 3.92. The van der Waals surface area contributed by atoms with Crippen LogP contribution in [0.25, 0.3) is 0 Å². The van der Waals surface area contributed by atoms with Gasteiger partial charge in [-0.05, 0) is 45.9 Å². The standard InChI is InChI=1S/C16H19ClN4O2/c1-5-21-11(4)15(10(3)20-21)9(2)18-19-12-6-7-14(17)13(8-12)16(22)23/h6-8,19H,5H2,1-4H3,(H,22,23). The van der Waals surface area contributed by atoms with E-state index in [0.717, 1.165) is 29.2 Å². The Balaban J connectivity index is 2.28. The van der Waals surface area contributed by atoms with Gasteiger partial charge in [-0.1, -0.05) is 11.6 Å². The Morgan fingerprint density at radius 3 is 2.70 bits per heavy atom. The van der Waals surface area contributed by atoms with Crippen LogP contribution in [-0.2, 0) is 6.54 Å². The summed E-state index contributed by atoms with van der Waals surface area (Å²) in [7, 11) is 0. The fraction of sp³-hybridized carbons (Fsp3) is 0.312. The summed E-state index contributed by atoms with van der Waals surface area (Å²) in [5, 5.41) is 18.1. The lowest BCUT2D eigenvalue weighted by Gasteiger charge is -2.06. The Labute approximate surface area is 139 Å². The van der Waals surface area contributed by atoms with E-state index >= 15 is 0 Å². The highest BCUT2D eigenvalue weighted by Crippen LogP contribution is 2.21. The molecule has 0 radical (unpaired) electrons. The van der Waals surface area contributed by atoms with Crippen molar-refractivity contribution in [2.24, 2.45) is 5.10 Å². The van der Waals surface area contributed by atoms with E-state index in [9.17, 15) is 4.79 Å². The first-order valence-corrected chi connectivity index (χ1v) is 7.60. The number of rotatable bonds is 5. The fourth-order valence-corrected chi connectivity index (χ4v) is 2.69. The number of anilines is 1. The Morgan fingerprint density at radius 1 is 1.43 bits per heavy atom. The smallest absolute Gasteiger partial charge is 0.337 e. The fourth-order valence-electron chi connectivity index (χ4n) is 2.49. The molecule has 0 saturated carbocycles. The third kappa shape index (κ3) is 3.53. The molecule has 1 heterocycles. The zero-order valence-electron chi connectivity index (χ0n) is 13.5. The van der Waals surface area contributed by atoms with E-state index < -0.39 is 5.97 Å². The van der Waals surface area contributed by atoms with Gasteiger partial charge >= 0.3 is 5.97 Å². The molecule has 1 aromatic carbocycles. The van der Waals surface area contributed by atoms with Crippen LogP contribution in [0.2, 0.25) is 5.02 Å². The van der Waals surface area contributed by atoms with Crippen molar-refractivity contribution in [3.8, 4) is 0 Å². The Kier molecular flexibility index (Phi) is 5.05. The van der Waals surface area contributed by atoms with E-state index in [1.165, 1.54) is 12.1 Å². The molecule has 1 aromatic heterocycles. The van der Waals surface area contributed by atoms with Crippen LogP contribution in [0.15, 0.2) is 23.3 Å². The highest BCUT2D eigenvalue weighted by molar-refractivity contribution is 6.33. The number of aromatic carboxylic acids is 1. The van der Waals surface area contributed by atoms with Gasteiger partial charge < -0.3 is 5.11 Å². The average Bonchev–Trinajstić information content (AvgIpc) is 2.80. The lowest BCUT2D eigenvalue weighted by molar-refractivity contribution is 0.0697. The number of carboxylic acid groups (broad SMARTS) is 1. The molecule has 0 amide bonds. The van der Waals surface area contributed by atoms with Gasteiger partial charge in [0, 0.05) is 17.8 Å². The maximum Gasteiger partial charge on any atom is 0.337 e. The van der Waals surface area contributed by atoms with Gasteiger partial charge in [0.05, 0.1) is 27.7 Å². The Hall–Kier alpha value is -2.34. The van der Waals surface area contributed by atoms with Gasteiger partial charge in [0.15, 0.2) is 0 Å². The minimum absolute atomic E-state index is 0.0377. The summed E-state index contributed by atoms with van der Waals surface area (Å²) in [5.74, 6) is -1.07. The zero-order valence-corrected chi connectivity index (χ0v) is 14.3. The van der Waals surface area contributed by atoms with E-state index in [-0.39, 0.29) is 10.6 Å². The van der Waals surface area contributed by atoms with Crippen LogP contribution in [-0.4, -0.2) is 26.6 Å². The number of hydrazone groups is 1. The van der Waals surface area contributed by atoms with Crippen LogP contribution in [0.4, 0.5) is 5.69 Å². The highest BCUT2D eigenvalue weighted by atomic mass is 35.5. The van der Waals surface area contributed by atoms with Crippen LogP contribution in [0.3, 0.4) is 0 Å². The molecule has 7 heteroatoms. The molecule has 0 aliphatic carbocycles. The number of nitrogens with one attached hydrogen (secondary N) is 1. The normalized spacial score (nSPS) is 11.6. The van der Waals surface area contributed by atoms with Crippen LogP contribution >= 0.6 is 11.6 Å². The van der Waals surface area contributed by atoms with Crippen molar-refractivity contribution in [2.75, 3.05) is 5.43 Å². The number of benzene rings is 1. The molecule has 0 aliphatic heterocycles. The van der Waals surface area contributed by atoms with Crippen LogP contribution < -0.4 is 5.43 Å². The summed E-state index contributed by atoms with van der Waals surface area (Å²) in [6.07, 6.45) is 0. The van der Waals surface area contributed by atoms with Crippen molar-refractivity contribution in [2.45, 2.75) is 34.2 Å². The third-order valence-electron chi connectivity index (χ3n) is 3.59. The molecule has 0 unspecified atom stereocenters. The number of nitrogens with zero attached hydrogens (tertiary/aromatic N) is 3. The largest absolute Gasteiger partial charge is 0.478 e. The quantitative estimate of drug-likeness (QED) is 0.645. The van der Waals surface area contributed by atoms with Crippen molar-refractivity contribution in [1.29, 1.82) is 0 Å². The molecular weight excluding hydrogens is 316 g/mol. The molecule has 122 valence electrons. The number of hydrogen-bond donors (Lipinski definition) is 2. The molecule has 0 bridgehead atoms. The molecular formula is C16H19ClN4O2. The highest BCUT2D eigenvalue weighted by Gasteiger charge is 2.13. The Morgan fingerprint density at radius 2 is 2.13 bits per heavy atom. The lowest BCUT2D eigenvalue weighted by Crippen LogP contribution is -2.05. The molecule has 0 atom stereocenters. The molecule has 23 heavy (non-hydrogen) atoms. The van der Waals surface area contributed by atoms with Crippen molar-refractivity contribution in [3.63, 3.8) is 0 Å². The van der Waals surface area contributed by atoms with Crippen molar-refractivity contribution >= 4 is 29.0 Å². The van der Waals surface area contributed by atoms with Gasteiger partial charge in [0.1, 0.15) is 0 Å². The Bertz CT molecular complexity index is 781. The second kappa shape index (κ2) is 6.83. The summed E-state index contributed by atoms with van der Waals surface area (Å²) in [6.45, 7) is 8.67. The predicted molar refractivity (Wildman–Crippen MR) is 91.6 cm³/mol. The number of aromatic nitrogens is 2. The first-order chi connectivity index (χ1) is 10.8. The summed E-state index contributed by atoms with van der Waals surface area (Å²) in [4.78, 5) is 11.1. The molecule has 0 saturated heterocycles. The maximum atomic E-state index is 11.1. The van der Waals surface area contributed by atoms with Crippen LogP contribution in [0.5, 0.6) is 0 Å². The van der Waals surface area contributed by atoms with Gasteiger partial charge in [-0.2, -0.15) is 10.2 Å². The van der Waals surface area contributed by atoms with Crippen LogP contribution in [0.1, 0.15) is 41.2 Å². The SMILES string of the molecule is CCn1nc(C)c(C(C)=NNc2ccc(Cl)c(C(=O)O)c2)c1C. The number of aryl methyl sites for hydroxylation is 2. The number of carboxylic acids is 1. The van der Waals surface area contributed by atoms with Gasteiger partial charge in [-0.25, -0.2) is 4.79 Å². The van der Waals surface area contributed by atoms with E-state index in [1.54, 1.807) is 6.07 Å². The molecule has 0 spiro atoms. The summed E-state index contributed by atoms with van der Waals surface area (Å²) in [5.41, 5.74) is 7.21. The van der Waals surface area contributed by atoms with Crippen molar-refractivity contribution in [1.82, 2.24) is 9.78 Å². The molecule has 2 aromatic rings. The second-order valence-electron chi connectivity index (χ2n) is 5.17. The van der Waals surface area contributed by atoms with E-state index in [4.69, 9.17) is 16.7 Å². The molecule has 2 rings (SSSR count). The van der Waals surface area contributed by atoms with E-state index in [0.29, 0.717) is 5.69 Å². The van der Waals surface area contributed by atoms with E-state index in [2.05, 4.69) is 15.6 Å². The molecule has 0 aliphatic rings. The molecule has 2 N–H and O–H groups in total. The number of hydrogen-bond acceptors (Lipinski definition) is 4. The summed E-state index contributed by atoms with van der Waals surface area (Å²) in [6, 6.07) is 4.67. The van der Waals surface area contributed by atoms with Crippen molar-refractivity contribution < 1.29 is 9.90 Å². The van der Waals surface area contributed by atoms with Gasteiger partial charge in [0.25, 0.3) is 0 Å². The summed E-state index contributed by atoms with van der Waals surface area (Å²) < 4.78 is 1.93. The minimum atomic E-state index is -1.07. The number of carbonyl (C=O) groups is 1. The van der Waals surface area contributed by atoms with Gasteiger partial charge in [0.2, 0.25) is 0 Å². The predicted octanol–water partition coefficient (Wildman–Crippen LogP) is 3.71. The van der Waals surface area contributed by atoms with Gasteiger partial charge in [-0.15, -0.1) is 0 Å². The zero-order chi connectivity index (χ0) is 17.1. The molecule has 0 fully saturated rings. The number of halogens is 1. The van der Waals surface area contributed by atoms with E-state index in [1.807, 2.05) is 32.4 Å². The lowest BCUT2D eigenvalue weighted by atomic mass is 10.1. The second-order valence-corrected chi connectivity index (χ2v) is 5.58. The first kappa shape index (κ1) is 17.0. The van der Waals surface area contributed by atoms with Crippen LogP contribution in [0, 0.1) is 13.8 Å². The average molecular weight is 335 g/mol. The van der Waals surface area contributed by atoms with Crippen molar-refractivity contribution in [3.05, 3.63) is 45.7 Å². The van der Waals surface area contributed by atoms with Gasteiger partial charge in [-0.3, -0.25) is 10.1 Å². The first-order valence-electron chi connectivity index (χ1n) is 7.22. The molecule has 6 nitrogen and oxygen atoms in total. The minimum Gasteiger partial charge on any atom is -0.478 e. The maximum absolute atomic E-state index is 11.1. The monoisotopic (exact) mass is 334 g/mol.